The molecule has 1 fully saturated rings. The van der Waals surface area contributed by atoms with Crippen molar-refractivity contribution in [3.05, 3.63) is 12.2 Å². The fourth-order valence-electron chi connectivity index (χ4n) is 1.78. The highest BCUT2D eigenvalue weighted by Gasteiger charge is 2.70. The highest BCUT2D eigenvalue weighted by atomic mass is 79.9. The van der Waals surface area contributed by atoms with Gasteiger partial charge >= 0.3 is 5.97 Å². The minimum atomic E-state index is -0.837. The average molecular weight is 354 g/mol. The largest absolute Gasteiger partial charge is 0.458 e. The molecule has 4 unspecified atom stereocenters. The number of ether oxygens (including phenoxy) is 2. The van der Waals surface area contributed by atoms with Gasteiger partial charge < -0.3 is 9.47 Å². The topological polar surface area (TPSA) is 38.8 Å². The summed E-state index contributed by atoms with van der Waals surface area (Å²) in [5.74, 6) is -0.291. The lowest BCUT2D eigenvalue weighted by molar-refractivity contribution is -0.161. The Morgan fingerprint density at radius 3 is 2.56 bits per heavy atom. The van der Waals surface area contributed by atoms with Crippen molar-refractivity contribution in [1.82, 2.24) is 0 Å². The molecule has 2 rings (SSSR count). The van der Waals surface area contributed by atoms with Gasteiger partial charge in [0.25, 0.3) is 0 Å². The first-order valence-corrected chi connectivity index (χ1v) is 6.98. The molecule has 0 N–H and O–H groups in total. The molecule has 16 heavy (non-hydrogen) atoms. The standard InChI is InChI=1S/C11H14Br2O3/c1-10(2,3)16-9(14)11-7(13)5-4-6(12)8(11)15-11/h4-8H,1-3H3. The van der Waals surface area contributed by atoms with Crippen molar-refractivity contribution < 1.29 is 14.3 Å². The Morgan fingerprint density at radius 2 is 2.00 bits per heavy atom. The Morgan fingerprint density at radius 1 is 1.38 bits per heavy atom. The molecule has 0 aromatic carbocycles. The molecule has 1 heterocycles. The summed E-state index contributed by atoms with van der Waals surface area (Å²) in [5.41, 5.74) is -1.33. The van der Waals surface area contributed by atoms with E-state index < -0.39 is 11.2 Å². The lowest BCUT2D eigenvalue weighted by Gasteiger charge is -2.25. The van der Waals surface area contributed by atoms with Crippen LogP contribution in [0.1, 0.15) is 20.8 Å². The molecule has 5 heteroatoms. The van der Waals surface area contributed by atoms with Crippen molar-refractivity contribution in [2.45, 2.75) is 47.7 Å². The maximum Gasteiger partial charge on any atom is 0.343 e. The summed E-state index contributed by atoms with van der Waals surface area (Å²) in [6.07, 6.45) is 3.78. The van der Waals surface area contributed by atoms with Crippen LogP contribution < -0.4 is 0 Å². The van der Waals surface area contributed by atoms with Crippen LogP contribution in [-0.4, -0.2) is 32.9 Å². The number of halogens is 2. The Kier molecular flexibility index (Phi) is 3.00. The quantitative estimate of drug-likeness (QED) is 0.315. The summed E-state index contributed by atoms with van der Waals surface area (Å²) in [6, 6.07) is 0. The summed E-state index contributed by atoms with van der Waals surface area (Å²) in [6.45, 7) is 5.56. The van der Waals surface area contributed by atoms with Crippen LogP contribution in [-0.2, 0) is 14.3 Å². The maximum atomic E-state index is 12.1. The van der Waals surface area contributed by atoms with E-state index in [9.17, 15) is 4.79 Å². The van der Waals surface area contributed by atoms with Crippen LogP contribution in [0.25, 0.3) is 0 Å². The molecular weight excluding hydrogens is 340 g/mol. The molecule has 1 aliphatic carbocycles. The van der Waals surface area contributed by atoms with Gasteiger partial charge in [0, 0.05) is 0 Å². The van der Waals surface area contributed by atoms with Gasteiger partial charge in [-0.05, 0) is 20.8 Å². The van der Waals surface area contributed by atoms with Crippen molar-refractivity contribution in [2.24, 2.45) is 0 Å². The van der Waals surface area contributed by atoms with E-state index in [2.05, 4.69) is 31.9 Å². The molecule has 1 saturated heterocycles. The normalized spacial score (nSPS) is 41.4. The predicted octanol–water partition coefficient (Wildman–Crippen LogP) is 2.56. The Bertz CT molecular complexity index is 348. The summed E-state index contributed by atoms with van der Waals surface area (Å²) in [7, 11) is 0. The van der Waals surface area contributed by atoms with Gasteiger partial charge in [0.2, 0.25) is 5.60 Å². The van der Waals surface area contributed by atoms with E-state index in [1.807, 2.05) is 32.9 Å². The number of carbonyl (C=O) groups excluding carboxylic acids is 1. The Balaban J connectivity index is 2.16. The van der Waals surface area contributed by atoms with E-state index >= 15 is 0 Å². The number of rotatable bonds is 1. The van der Waals surface area contributed by atoms with E-state index in [1.54, 1.807) is 0 Å². The number of fused-ring (bicyclic) bond motifs is 1. The second-order valence-electron chi connectivity index (χ2n) is 5.06. The van der Waals surface area contributed by atoms with E-state index in [4.69, 9.17) is 9.47 Å². The minimum Gasteiger partial charge on any atom is -0.458 e. The van der Waals surface area contributed by atoms with E-state index in [-0.39, 0.29) is 21.7 Å². The summed E-state index contributed by atoms with van der Waals surface area (Å²) >= 11 is 6.92. The van der Waals surface area contributed by atoms with Gasteiger partial charge in [-0.2, -0.15) is 0 Å². The number of esters is 1. The SMILES string of the molecule is CC(C)(C)OC(=O)C12OC1C(Br)C=CC2Br. The van der Waals surface area contributed by atoms with E-state index in [0.29, 0.717) is 0 Å². The summed E-state index contributed by atoms with van der Waals surface area (Å²) in [5, 5.41) is 0. The van der Waals surface area contributed by atoms with Crippen molar-refractivity contribution in [1.29, 1.82) is 0 Å². The van der Waals surface area contributed by atoms with Gasteiger partial charge in [-0.15, -0.1) is 0 Å². The summed E-state index contributed by atoms with van der Waals surface area (Å²) < 4.78 is 11.0. The molecule has 0 radical (unpaired) electrons. The lowest BCUT2D eigenvalue weighted by atomic mass is 9.94. The van der Waals surface area contributed by atoms with E-state index in [0.717, 1.165) is 0 Å². The van der Waals surface area contributed by atoms with Crippen LogP contribution >= 0.6 is 31.9 Å². The monoisotopic (exact) mass is 352 g/mol. The molecule has 0 aromatic heterocycles. The van der Waals surface area contributed by atoms with Crippen LogP contribution in [0.5, 0.6) is 0 Å². The van der Waals surface area contributed by atoms with Gasteiger partial charge in [0.15, 0.2) is 0 Å². The fourth-order valence-corrected chi connectivity index (χ4v) is 3.19. The number of alkyl halides is 2. The predicted molar refractivity (Wildman–Crippen MR) is 68.0 cm³/mol. The molecule has 3 nitrogen and oxygen atoms in total. The Labute approximate surface area is 112 Å². The fraction of sp³-hybridized carbons (Fsp3) is 0.727. The third kappa shape index (κ3) is 1.97. The maximum absolute atomic E-state index is 12.1. The first kappa shape index (κ1) is 12.6. The molecule has 90 valence electrons. The van der Waals surface area contributed by atoms with Crippen molar-refractivity contribution in [2.75, 3.05) is 0 Å². The number of carbonyl (C=O) groups is 1. The average Bonchev–Trinajstić information content (AvgIpc) is 2.86. The second-order valence-corrected chi connectivity index (χ2v) is 7.11. The summed E-state index contributed by atoms with van der Waals surface area (Å²) in [4.78, 5) is 12.1. The zero-order valence-corrected chi connectivity index (χ0v) is 12.5. The number of hydrogen-bond donors (Lipinski definition) is 0. The van der Waals surface area contributed by atoms with E-state index in [1.165, 1.54) is 0 Å². The van der Waals surface area contributed by atoms with Crippen LogP contribution in [0, 0.1) is 0 Å². The zero-order chi connectivity index (χ0) is 12.1. The van der Waals surface area contributed by atoms with Gasteiger partial charge in [-0.3, -0.25) is 0 Å². The lowest BCUT2D eigenvalue weighted by Crippen LogP contribution is -2.44. The number of epoxide rings is 1. The molecule has 0 aromatic rings. The molecule has 0 bridgehead atoms. The van der Waals surface area contributed by atoms with Gasteiger partial charge in [0.1, 0.15) is 11.7 Å². The smallest absolute Gasteiger partial charge is 0.343 e. The van der Waals surface area contributed by atoms with Crippen LogP contribution in [0.4, 0.5) is 0 Å². The van der Waals surface area contributed by atoms with Crippen LogP contribution in [0.15, 0.2) is 12.2 Å². The van der Waals surface area contributed by atoms with Gasteiger partial charge in [-0.25, -0.2) is 4.79 Å². The molecule has 0 amide bonds. The van der Waals surface area contributed by atoms with Gasteiger partial charge in [-0.1, -0.05) is 44.0 Å². The second kappa shape index (κ2) is 3.82. The minimum absolute atomic E-state index is 0.0776. The molecule has 0 saturated carbocycles. The van der Waals surface area contributed by atoms with Crippen molar-refractivity contribution in [3.63, 3.8) is 0 Å². The van der Waals surface area contributed by atoms with Crippen molar-refractivity contribution in [3.8, 4) is 0 Å². The first-order chi connectivity index (χ1) is 7.27. The molecule has 0 spiro atoms. The van der Waals surface area contributed by atoms with Gasteiger partial charge in [0.05, 0.1) is 9.65 Å². The third-order valence-corrected chi connectivity index (χ3v) is 4.34. The zero-order valence-electron chi connectivity index (χ0n) is 9.37. The number of hydrogen-bond acceptors (Lipinski definition) is 3. The molecular formula is C11H14Br2O3. The van der Waals surface area contributed by atoms with Crippen molar-refractivity contribution >= 4 is 37.8 Å². The molecule has 4 atom stereocenters. The Hall–Kier alpha value is 0.130. The third-order valence-electron chi connectivity index (χ3n) is 2.57. The van der Waals surface area contributed by atoms with Crippen LogP contribution in [0.2, 0.25) is 0 Å². The molecule has 1 aliphatic heterocycles. The van der Waals surface area contributed by atoms with Crippen LogP contribution in [0.3, 0.4) is 0 Å². The highest BCUT2D eigenvalue weighted by molar-refractivity contribution is 9.10. The molecule has 2 aliphatic rings. The highest BCUT2D eigenvalue weighted by Crippen LogP contribution is 2.51. The first-order valence-electron chi connectivity index (χ1n) is 5.15.